The van der Waals surface area contributed by atoms with Gasteiger partial charge in [-0.1, -0.05) is 31.2 Å². The molecule has 0 radical (unpaired) electrons. The summed E-state index contributed by atoms with van der Waals surface area (Å²) in [5.74, 6) is 0.669. The third-order valence-electron chi connectivity index (χ3n) is 4.43. The zero-order valence-corrected chi connectivity index (χ0v) is 13.3. The van der Waals surface area contributed by atoms with E-state index in [2.05, 4.69) is 46.1 Å². The Hall–Kier alpha value is -2.43. The number of rotatable bonds is 4. The highest BCUT2D eigenvalue weighted by Gasteiger charge is 2.25. The van der Waals surface area contributed by atoms with Crippen molar-refractivity contribution in [1.29, 1.82) is 0 Å². The smallest absolute Gasteiger partial charge is 0.306 e. The fourth-order valence-corrected chi connectivity index (χ4v) is 2.91. The molecule has 120 valence electrons. The Morgan fingerprint density at radius 2 is 1.91 bits per heavy atom. The number of aromatic nitrogens is 2. The fourth-order valence-electron chi connectivity index (χ4n) is 2.91. The topological polar surface area (TPSA) is 66.3 Å². The predicted octanol–water partition coefficient (Wildman–Crippen LogP) is 3.01. The van der Waals surface area contributed by atoms with Gasteiger partial charge in [0.15, 0.2) is 5.82 Å². The van der Waals surface area contributed by atoms with E-state index in [9.17, 15) is 4.79 Å². The minimum Gasteiger partial charge on any atom is -0.481 e. The van der Waals surface area contributed by atoms with Gasteiger partial charge in [-0.2, -0.15) is 0 Å². The van der Waals surface area contributed by atoms with Crippen LogP contribution in [-0.4, -0.2) is 34.1 Å². The van der Waals surface area contributed by atoms with Gasteiger partial charge >= 0.3 is 5.97 Å². The summed E-state index contributed by atoms with van der Waals surface area (Å²) in [5, 5.41) is 9.09. The number of carboxylic acid groups (broad SMARTS) is 1. The highest BCUT2D eigenvalue weighted by atomic mass is 16.4. The lowest BCUT2D eigenvalue weighted by Gasteiger charge is -2.31. The van der Waals surface area contributed by atoms with Crippen molar-refractivity contribution in [2.75, 3.05) is 18.0 Å². The lowest BCUT2D eigenvalue weighted by atomic mass is 9.97. The first kappa shape index (κ1) is 15.5. The predicted molar refractivity (Wildman–Crippen MR) is 89.4 cm³/mol. The SMILES string of the molecule is CCc1ccc(-c2nccc(N3CCC(C(=O)O)CC3)n2)cc1. The van der Waals surface area contributed by atoms with E-state index in [4.69, 9.17) is 5.11 Å². The maximum atomic E-state index is 11.0. The minimum absolute atomic E-state index is 0.228. The molecule has 0 unspecified atom stereocenters. The lowest BCUT2D eigenvalue weighted by molar-refractivity contribution is -0.142. The summed E-state index contributed by atoms with van der Waals surface area (Å²) in [7, 11) is 0. The Labute approximate surface area is 136 Å². The fraction of sp³-hybridized carbons (Fsp3) is 0.389. The van der Waals surface area contributed by atoms with Gasteiger partial charge in [0.2, 0.25) is 0 Å². The molecule has 0 aliphatic carbocycles. The summed E-state index contributed by atoms with van der Waals surface area (Å²) in [4.78, 5) is 22.2. The van der Waals surface area contributed by atoms with Crippen LogP contribution in [0, 0.1) is 5.92 Å². The van der Waals surface area contributed by atoms with Crippen LogP contribution < -0.4 is 4.90 Å². The number of hydrogen-bond donors (Lipinski definition) is 1. The van der Waals surface area contributed by atoms with Crippen LogP contribution in [0.4, 0.5) is 5.82 Å². The van der Waals surface area contributed by atoms with Crippen LogP contribution in [0.15, 0.2) is 36.5 Å². The molecule has 1 aromatic carbocycles. The summed E-state index contributed by atoms with van der Waals surface area (Å²) in [5.41, 5.74) is 2.30. The molecule has 23 heavy (non-hydrogen) atoms. The molecule has 5 heteroatoms. The zero-order valence-electron chi connectivity index (χ0n) is 13.3. The van der Waals surface area contributed by atoms with Crippen molar-refractivity contribution >= 4 is 11.8 Å². The Bertz CT molecular complexity index is 677. The average molecular weight is 311 g/mol. The van der Waals surface area contributed by atoms with Gasteiger partial charge in [-0.3, -0.25) is 4.79 Å². The number of hydrogen-bond acceptors (Lipinski definition) is 4. The highest BCUT2D eigenvalue weighted by Crippen LogP contribution is 2.24. The molecular weight excluding hydrogens is 290 g/mol. The normalized spacial score (nSPS) is 15.6. The minimum atomic E-state index is -0.691. The largest absolute Gasteiger partial charge is 0.481 e. The number of piperidine rings is 1. The Balaban J connectivity index is 1.76. The summed E-state index contributed by atoms with van der Waals surface area (Å²) >= 11 is 0. The molecule has 0 saturated carbocycles. The molecule has 2 aromatic rings. The number of nitrogens with zero attached hydrogens (tertiary/aromatic N) is 3. The van der Waals surface area contributed by atoms with E-state index in [-0.39, 0.29) is 5.92 Å². The second kappa shape index (κ2) is 6.77. The Morgan fingerprint density at radius 1 is 1.22 bits per heavy atom. The van der Waals surface area contributed by atoms with Crippen molar-refractivity contribution in [2.24, 2.45) is 5.92 Å². The first-order chi connectivity index (χ1) is 11.2. The number of benzene rings is 1. The van der Waals surface area contributed by atoms with Crippen molar-refractivity contribution in [2.45, 2.75) is 26.2 Å². The van der Waals surface area contributed by atoms with Gasteiger partial charge in [-0.05, 0) is 30.9 Å². The zero-order chi connectivity index (χ0) is 16.2. The van der Waals surface area contributed by atoms with Gasteiger partial charge in [0, 0.05) is 24.8 Å². The maximum Gasteiger partial charge on any atom is 0.306 e. The van der Waals surface area contributed by atoms with E-state index in [1.165, 1.54) is 5.56 Å². The molecule has 1 N–H and O–H groups in total. The van der Waals surface area contributed by atoms with Crippen LogP contribution in [0.3, 0.4) is 0 Å². The molecular formula is C18H21N3O2. The van der Waals surface area contributed by atoms with Crippen LogP contribution in [0.5, 0.6) is 0 Å². The number of anilines is 1. The molecule has 1 aliphatic rings. The number of aliphatic carboxylic acids is 1. The average Bonchev–Trinajstić information content (AvgIpc) is 2.62. The monoisotopic (exact) mass is 311 g/mol. The summed E-state index contributed by atoms with van der Waals surface area (Å²) in [6.45, 7) is 3.58. The molecule has 1 fully saturated rings. The Morgan fingerprint density at radius 3 is 2.52 bits per heavy atom. The van der Waals surface area contributed by atoms with Crippen LogP contribution >= 0.6 is 0 Å². The molecule has 1 aliphatic heterocycles. The van der Waals surface area contributed by atoms with E-state index in [0.29, 0.717) is 18.7 Å². The van der Waals surface area contributed by atoms with Crippen LogP contribution in [0.1, 0.15) is 25.3 Å². The van der Waals surface area contributed by atoms with E-state index in [0.717, 1.165) is 30.9 Å². The van der Waals surface area contributed by atoms with Gasteiger partial charge in [0.25, 0.3) is 0 Å². The summed E-state index contributed by atoms with van der Waals surface area (Å²) in [6.07, 6.45) is 4.12. The van der Waals surface area contributed by atoms with Crippen molar-refractivity contribution in [3.63, 3.8) is 0 Å². The molecule has 1 aromatic heterocycles. The van der Waals surface area contributed by atoms with Crippen molar-refractivity contribution in [3.05, 3.63) is 42.1 Å². The molecule has 0 spiro atoms. The van der Waals surface area contributed by atoms with Gasteiger partial charge in [0.05, 0.1) is 5.92 Å². The summed E-state index contributed by atoms with van der Waals surface area (Å²) in [6, 6.07) is 10.2. The number of carboxylic acids is 1. The third kappa shape index (κ3) is 3.50. The van der Waals surface area contributed by atoms with Crippen molar-refractivity contribution in [3.8, 4) is 11.4 Å². The Kier molecular flexibility index (Phi) is 4.55. The highest BCUT2D eigenvalue weighted by molar-refractivity contribution is 5.70. The van der Waals surface area contributed by atoms with Gasteiger partial charge in [-0.15, -0.1) is 0 Å². The second-order valence-electron chi connectivity index (χ2n) is 5.89. The standard InChI is InChI=1S/C18H21N3O2/c1-2-13-3-5-14(6-4-13)17-19-10-7-16(20-17)21-11-8-15(9-12-21)18(22)23/h3-7,10,15H,2,8-9,11-12H2,1H3,(H,22,23). The van der Waals surface area contributed by atoms with Crippen molar-refractivity contribution < 1.29 is 9.90 Å². The third-order valence-corrected chi connectivity index (χ3v) is 4.43. The quantitative estimate of drug-likeness (QED) is 0.940. The summed E-state index contributed by atoms with van der Waals surface area (Å²) < 4.78 is 0. The van der Waals surface area contributed by atoms with Crippen LogP contribution in [0.2, 0.25) is 0 Å². The van der Waals surface area contributed by atoms with Gasteiger partial charge in [-0.25, -0.2) is 9.97 Å². The first-order valence-electron chi connectivity index (χ1n) is 8.07. The second-order valence-corrected chi connectivity index (χ2v) is 5.89. The molecule has 5 nitrogen and oxygen atoms in total. The van der Waals surface area contributed by atoms with E-state index >= 15 is 0 Å². The molecule has 0 bridgehead atoms. The maximum absolute atomic E-state index is 11.0. The van der Waals surface area contributed by atoms with Crippen LogP contribution in [-0.2, 0) is 11.2 Å². The molecule has 0 atom stereocenters. The molecule has 3 rings (SSSR count). The molecule has 0 amide bonds. The van der Waals surface area contributed by atoms with Gasteiger partial charge < -0.3 is 10.0 Å². The lowest BCUT2D eigenvalue weighted by Crippen LogP contribution is -2.36. The number of aryl methyl sites for hydroxylation is 1. The van der Waals surface area contributed by atoms with E-state index < -0.39 is 5.97 Å². The van der Waals surface area contributed by atoms with Gasteiger partial charge in [0.1, 0.15) is 5.82 Å². The molecule has 1 saturated heterocycles. The molecule has 2 heterocycles. The van der Waals surface area contributed by atoms with Crippen LogP contribution in [0.25, 0.3) is 11.4 Å². The number of carbonyl (C=O) groups is 1. The van der Waals surface area contributed by atoms with Crippen molar-refractivity contribution in [1.82, 2.24) is 9.97 Å². The first-order valence-corrected chi connectivity index (χ1v) is 8.07. The van der Waals surface area contributed by atoms with E-state index in [1.807, 2.05) is 6.07 Å². The van der Waals surface area contributed by atoms with E-state index in [1.54, 1.807) is 6.20 Å².